The van der Waals surface area contributed by atoms with E-state index >= 15 is 0 Å². The highest BCUT2D eigenvalue weighted by molar-refractivity contribution is 7.92. The Morgan fingerprint density at radius 3 is 0.993 bits per heavy atom. The number of nitro groups is 1. The second kappa shape index (κ2) is 50.9. The smallest absolute Gasteiger partial charge is 0.416 e. The average Bonchev–Trinajstić information content (AvgIpc) is 1.66. The number of hydrogen-bond acceptors (Lipinski definition) is 30. The summed E-state index contributed by atoms with van der Waals surface area (Å²) in [5.74, 6) is 3.48. The Hall–Kier alpha value is -17.7. The molecule has 5 heterocycles. The van der Waals surface area contributed by atoms with Crippen LogP contribution in [0.4, 0.5) is 24.5 Å². The zero-order valence-corrected chi connectivity index (χ0v) is 84.5. The van der Waals surface area contributed by atoms with Gasteiger partial charge in [-0.2, -0.15) is 13.2 Å². The number of hydrogen-bond donors (Lipinski definition) is 6. The molecule has 6 N–H and O–H groups in total. The van der Waals surface area contributed by atoms with Gasteiger partial charge in [-0.1, -0.05) is 108 Å². The Bertz CT molecular complexity index is 7070. The zero-order valence-electron chi connectivity index (χ0n) is 83.7. The lowest BCUT2D eigenvalue weighted by Gasteiger charge is -2.24. The van der Waals surface area contributed by atoms with Gasteiger partial charge in [-0.05, 0) is 256 Å². The molecule has 0 aliphatic carbocycles. The van der Waals surface area contributed by atoms with Crippen LogP contribution in [0.1, 0.15) is 135 Å². The maximum absolute atomic E-state index is 12.7. The molecule has 41 heteroatoms. The van der Waals surface area contributed by atoms with Crippen molar-refractivity contribution < 1.29 is 151 Å². The number of aliphatic carboxylic acids is 5. The Kier molecular flexibility index (Phi) is 38.2. The Morgan fingerprint density at radius 2 is 0.673 bits per heavy atom. The molecule has 788 valence electrons. The van der Waals surface area contributed by atoms with Crippen LogP contribution in [0.5, 0.6) is 63.2 Å². The SMILES string of the molecule is CC(C)(Oc1ccc(OCc2cc(-c3ccc([N+](=O)[O-])cc3)no2)cc1)C(=O)O.CCC(C)(Oc1ccc(OCCc2cc(-c3ccc(C(F)(F)F)cc3)no2)cc1)C(=O)O.CCC(C)(Oc1ccc(OCc2cc(-c3ccc(NS(C)(=O)=O)cc3)no2)cc1)C(=O)O.CCC(C)(Oc1ccc(OCc2cc(-c3ccc(OC)cc3)no2)cc1)C(=O)O.CCC(C)(Oc1ccc(OCc2onc(-c3ccccc3)c2C)cc1)C(=O)O. The third-order valence-electron chi connectivity index (χ3n) is 23.1. The van der Waals surface area contributed by atoms with Gasteiger partial charge in [-0.3, -0.25) is 14.8 Å². The van der Waals surface area contributed by atoms with E-state index in [0.29, 0.717) is 158 Å². The van der Waals surface area contributed by atoms with Crippen molar-refractivity contribution >= 4 is 51.2 Å². The first-order valence-corrected chi connectivity index (χ1v) is 48.4. The predicted molar refractivity (Wildman–Crippen MR) is 540 cm³/mol. The van der Waals surface area contributed by atoms with Gasteiger partial charge in [-0.15, -0.1) is 0 Å². The number of rotatable bonds is 44. The molecule has 15 aromatic rings. The quantitative estimate of drug-likeness (QED) is 0.0153. The number of carboxylic acid groups (broad SMARTS) is 5. The third-order valence-corrected chi connectivity index (χ3v) is 23.7. The van der Waals surface area contributed by atoms with E-state index in [1.54, 1.807) is 225 Å². The molecule has 0 bridgehead atoms. The molecule has 150 heavy (non-hydrogen) atoms. The number of carbonyl (C=O) groups is 5. The summed E-state index contributed by atoms with van der Waals surface area (Å²) in [6.45, 7) is 19.0. The van der Waals surface area contributed by atoms with Gasteiger partial charge in [0.1, 0.15) is 124 Å². The third kappa shape index (κ3) is 32.4. The summed E-state index contributed by atoms with van der Waals surface area (Å²) in [6.07, 6.45) is -1.56. The van der Waals surface area contributed by atoms with Crippen LogP contribution < -0.4 is 56.8 Å². The summed E-state index contributed by atoms with van der Waals surface area (Å²) in [4.78, 5) is 66.8. The van der Waals surface area contributed by atoms with E-state index in [-0.39, 0.29) is 38.7 Å². The monoisotopic (exact) mass is 2090 g/mol. The van der Waals surface area contributed by atoms with Gasteiger partial charge in [0.2, 0.25) is 32.4 Å². The van der Waals surface area contributed by atoms with Crippen molar-refractivity contribution in [3.8, 4) is 120 Å². The molecule has 15 rings (SSSR count). The lowest BCUT2D eigenvalue weighted by molar-refractivity contribution is -0.384. The van der Waals surface area contributed by atoms with Gasteiger partial charge in [0.25, 0.3) is 5.69 Å². The van der Waals surface area contributed by atoms with Crippen molar-refractivity contribution in [3.05, 3.63) is 323 Å². The van der Waals surface area contributed by atoms with Crippen LogP contribution in [0.2, 0.25) is 0 Å². The van der Waals surface area contributed by atoms with Gasteiger partial charge in [0.15, 0.2) is 28.6 Å². The number of nitro benzene ring substituents is 1. The Labute approximate surface area is 859 Å². The van der Waals surface area contributed by atoms with E-state index in [2.05, 4.69) is 30.5 Å². The minimum atomic E-state index is -4.39. The van der Waals surface area contributed by atoms with Crippen molar-refractivity contribution in [1.29, 1.82) is 0 Å². The molecule has 0 amide bonds. The number of aromatic nitrogens is 5. The molecule has 0 saturated carbocycles. The van der Waals surface area contributed by atoms with Crippen LogP contribution in [0.15, 0.2) is 296 Å². The van der Waals surface area contributed by atoms with Crippen LogP contribution in [0, 0.1) is 17.0 Å². The molecule has 37 nitrogen and oxygen atoms in total. The first-order chi connectivity index (χ1) is 71.3. The second-order valence-electron chi connectivity index (χ2n) is 34.7. The molecular weight excluding hydrogens is 1980 g/mol. The van der Waals surface area contributed by atoms with Gasteiger partial charge < -0.3 is 100 Å². The first-order valence-electron chi connectivity index (χ1n) is 46.5. The van der Waals surface area contributed by atoms with Gasteiger partial charge in [-0.25, -0.2) is 32.4 Å². The highest BCUT2D eigenvalue weighted by Gasteiger charge is 2.38. The predicted octanol–water partition coefficient (Wildman–Crippen LogP) is 23.0. The molecule has 0 radical (unpaired) electrons. The van der Waals surface area contributed by atoms with E-state index in [0.717, 1.165) is 52.1 Å². The zero-order chi connectivity index (χ0) is 109. The standard InChI is InChI=1S/C23H22F3NO5.C22H24N2O7S.C22H23NO6.C22H23NO5.C20H18N2O7/c1-3-22(2,21(28)29)31-18-10-8-17(9-11-18)30-13-12-19-14-20(27-32-19)15-4-6-16(7-5-15)23(24,25)26;1-4-22(2,21(25)26)30-18-11-9-17(10-12-18)29-14-19-13-20(23-31-19)15-5-7-16(8-6-15)24-32(3,27)28;1-4-22(2,21(24)25)28-18-11-9-17(10-12-18)27-14-19-13-20(23-29-19)15-5-7-16(26-3)8-6-15;1-4-22(3,21(24)25)27-18-12-10-17(11-13-18)26-14-19-15(2)20(23-28-19)16-8-6-5-7-9-16;1-20(2,19(23)24)28-16-9-7-15(8-10-16)27-12-17-11-18(21-29-17)13-3-5-14(6-4-13)22(25)26/h4-11,14H,3,12-13H2,1-2H3,(H,28,29);5-13,24H,4,14H2,1-3H3,(H,25,26);5-13H,4,14H2,1-3H3,(H,24,25);5-13H,4,14H2,1-3H3,(H,24,25);3-11H,12H2,1-2H3,(H,23,24). The lowest BCUT2D eigenvalue weighted by atomic mass is 10.0. The number of nitrogens with zero attached hydrogens (tertiary/aromatic N) is 6. The molecule has 0 saturated heterocycles. The first kappa shape index (κ1) is 113. The maximum atomic E-state index is 12.7. The number of sulfonamides is 1. The minimum absolute atomic E-state index is 0.0000274. The number of ether oxygens (including phenoxy) is 11. The summed E-state index contributed by atoms with van der Waals surface area (Å²) < 4.78 is 151. The number of halogens is 3. The number of alkyl halides is 3. The van der Waals surface area contributed by atoms with Crippen molar-refractivity contribution in [3.63, 3.8) is 0 Å². The van der Waals surface area contributed by atoms with Crippen molar-refractivity contribution in [2.24, 2.45) is 0 Å². The highest BCUT2D eigenvalue weighted by atomic mass is 32.2. The number of methoxy groups -OCH3 is 1. The van der Waals surface area contributed by atoms with E-state index < -0.39 is 84.5 Å². The fourth-order valence-electron chi connectivity index (χ4n) is 13.1. The van der Waals surface area contributed by atoms with Gasteiger partial charge in [0, 0.05) is 81.9 Å². The van der Waals surface area contributed by atoms with E-state index in [4.69, 9.17) is 79.8 Å². The van der Waals surface area contributed by atoms with Gasteiger partial charge >= 0.3 is 36.0 Å². The normalized spacial score (nSPS) is 12.7. The molecule has 4 atom stereocenters. The summed E-state index contributed by atoms with van der Waals surface area (Å²) in [5.41, 5.74) is 1.17. The average molecular weight is 2090 g/mol. The number of benzene rings is 10. The van der Waals surface area contributed by atoms with E-state index in [1.165, 1.54) is 52.0 Å². The van der Waals surface area contributed by atoms with Crippen molar-refractivity contribution in [1.82, 2.24) is 25.8 Å². The van der Waals surface area contributed by atoms with Crippen LogP contribution in [0.25, 0.3) is 56.3 Å². The molecule has 10 aromatic carbocycles. The maximum Gasteiger partial charge on any atom is 0.416 e. The minimum Gasteiger partial charge on any atom is -0.497 e. The van der Waals surface area contributed by atoms with Crippen LogP contribution in [-0.4, -0.2) is 142 Å². The second-order valence-corrected chi connectivity index (χ2v) is 36.5. The number of carboxylic acids is 5. The molecule has 5 aromatic heterocycles. The summed E-state index contributed by atoms with van der Waals surface area (Å²) >= 11 is 0. The van der Waals surface area contributed by atoms with Crippen molar-refractivity contribution in [2.45, 2.75) is 169 Å². The van der Waals surface area contributed by atoms with E-state index in [9.17, 15) is 76.1 Å². The highest BCUT2D eigenvalue weighted by Crippen LogP contribution is 2.37. The Balaban J connectivity index is 0.000000178. The van der Waals surface area contributed by atoms with Crippen molar-refractivity contribution in [2.75, 3.05) is 24.7 Å². The molecule has 0 aliphatic rings. The summed E-state index contributed by atoms with van der Waals surface area (Å²) in [6, 6.07) is 75.1. The summed E-state index contributed by atoms with van der Waals surface area (Å²) in [7, 11) is -1.72. The topological polar surface area (TPSA) is 507 Å². The Morgan fingerprint density at radius 1 is 0.373 bits per heavy atom. The van der Waals surface area contributed by atoms with Crippen LogP contribution in [-0.2, 0) is 73.0 Å². The molecule has 0 spiro atoms. The van der Waals surface area contributed by atoms with Crippen LogP contribution in [0.3, 0.4) is 0 Å². The molecule has 0 aliphatic heterocycles. The molecular formula is C109H110F3N7O30S. The summed E-state index contributed by atoms with van der Waals surface area (Å²) in [5, 5.41) is 77.1. The number of anilines is 1. The largest absolute Gasteiger partial charge is 0.497 e. The van der Waals surface area contributed by atoms with Gasteiger partial charge in [0.05, 0.1) is 30.5 Å². The number of nitrogens with one attached hydrogen (secondary N) is 1. The number of non-ortho nitro benzene ring substituents is 1. The molecule has 0 fully saturated rings. The lowest BCUT2D eigenvalue weighted by Crippen LogP contribution is -2.40. The fourth-order valence-corrected chi connectivity index (χ4v) is 13.7. The van der Waals surface area contributed by atoms with E-state index in [1.807, 2.05) is 67.6 Å². The fraction of sp³-hybridized carbons (Fsp3) is 0.266. The molecule has 4 unspecified atom stereocenters. The van der Waals surface area contributed by atoms with Crippen LogP contribution >= 0.6 is 0 Å².